The molecule has 2 aliphatic heterocycles. The van der Waals surface area contributed by atoms with Gasteiger partial charge in [0.25, 0.3) is 0 Å². The van der Waals surface area contributed by atoms with E-state index in [1.807, 2.05) is 20.8 Å². The number of rotatable bonds is 5. The van der Waals surface area contributed by atoms with E-state index in [0.29, 0.717) is 13.1 Å². The largest absolute Gasteiger partial charge is 0.373 e. The minimum atomic E-state index is -3.30. The molecule has 2 heterocycles. The van der Waals surface area contributed by atoms with Crippen molar-refractivity contribution in [1.29, 1.82) is 0 Å². The second kappa shape index (κ2) is 11.0. The van der Waals surface area contributed by atoms with Gasteiger partial charge in [-0.15, -0.1) is 24.0 Å². The van der Waals surface area contributed by atoms with Crippen molar-refractivity contribution < 1.29 is 13.2 Å². The maximum Gasteiger partial charge on any atom is 0.216 e. The Hall–Kier alpha value is -0.130. The van der Waals surface area contributed by atoms with Gasteiger partial charge in [0.05, 0.1) is 24.5 Å². The highest BCUT2D eigenvalue weighted by molar-refractivity contribution is 14.0. The van der Waals surface area contributed by atoms with Gasteiger partial charge in [-0.3, -0.25) is 4.99 Å². The molecule has 0 saturated carbocycles. The number of nitrogens with one attached hydrogen (secondary N) is 1. The number of hydrogen-bond acceptors (Lipinski definition) is 4. The van der Waals surface area contributed by atoms with E-state index >= 15 is 0 Å². The zero-order chi connectivity index (χ0) is 18.4. The average molecular weight is 502 g/mol. The third-order valence-electron chi connectivity index (χ3n) is 4.81. The van der Waals surface area contributed by atoms with Crippen LogP contribution >= 0.6 is 24.0 Å². The van der Waals surface area contributed by atoms with E-state index in [4.69, 9.17) is 4.74 Å². The second-order valence-corrected chi connectivity index (χ2v) is 9.38. The Kier molecular flexibility index (Phi) is 10.1. The van der Waals surface area contributed by atoms with Crippen LogP contribution < -0.4 is 5.32 Å². The van der Waals surface area contributed by atoms with Crippen LogP contribution in [0.15, 0.2) is 4.99 Å². The molecule has 2 rings (SSSR count). The predicted octanol–water partition coefficient (Wildman–Crippen LogP) is 1.74. The first-order valence-corrected chi connectivity index (χ1v) is 11.1. The molecule has 9 heteroatoms. The highest BCUT2D eigenvalue weighted by Crippen LogP contribution is 2.17. The monoisotopic (exact) mass is 502 g/mol. The number of sulfonamides is 1. The van der Waals surface area contributed by atoms with E-state index < -0.39 is 10.0 Å². The predicted molar refractivity (Wildman–Crippen MR) is 117 cm³/mol. The number of ether oxygens (including phenoxy) is 1. The third kappa shape index (κ3) is 7.12. The van der Waals surface area contributed by atoms with Gasteiger partial charge in [-0.2, -0.15) is 4.31 Å². The molecule has 2 unspecified atom stereocenters. The molecule has 1 N–H and O–H groups in total. The molecule has 2 atom stereocenters. The molecule has 154 valence electrons. The highest BCUT2D eigenvalue weighted by Gasteiger charge is 2.30. The summed E-state index contributed by atoms with van der Waals surface area (Å²) in [6, 6.07) is 0. The van der Waals surface area contributed by atoms with Crippen molar-refractivity contribution >= 4 is 40.0 Å². The van der Waals surface area contributed by atoms with Crippen LogP contribution in [0.1, 0.15) is 40.5 Å². The van der Waals surface area contributed by atoms with Crippen molar-refractivity contribution in [1.82, 2.24) is 14.5 Å². The molecule has 0 radical (unpaired) electrons. The zero-order valence-corrected chi connectivity index (χ0v) is 19.6. The summed E-state index contributed by atoms with van der Waals surface area (Å²) in [6.45, 7) is 12.0. The zero-order valence-electron chi connectivity index (χ0n) is 16.5. The first-order chi connectivity index (χ1) is 11.8. The SMILES string of the molecule is CCNC(=NCCS(=O)(=O)N1CC(C)OC(C)C1)N1CCC(C)CC1.I. The molecule has 2 aliphatic rings. The summed E-state index contributed by atoms with van der Waals surface area (Å²) in [5, 5.41) is 3.29. The third-order valence-corrected chi connectivity index (χ3v) is 6.59. The Morgan fingerprint density at radius 1 is 1.15 bits per heavy atom. The summed E-state index contributed by atoms with van der Waals surface area (Å²) in [7, 11) is -3.30. The van der Waals surface area contributed by atoms with E-state index in [1.54, 1.807) is 4.31 Å². The molecule has 0 aromatic rings. The van der Waals surface area contributed by atoms with Gasteiger partial charge in [0.2, 0.25) is 10.0 Å². The summed E-state index contributed by atoms with van der Waals surface area (Å²) < 4.78 is 32.4. The molecule has 0 amide bonds. The second-order valence-electron chi connectivity index (χ2n) is 7.30. The maximum atomic E-state index is 12.6. The van der Waals surface area contributed by atoms with Crippen molar-refractivity contribution in [2.45, 2.75) is 52.7 Å². The van der Waals surface area contributed by atoms with Gasteiger partial charge < -0.3 is 15.0 Å². The van der Waals surface area contributed by atoms with Crippen molar-refractivity contribution in [3.05, 3.63) is 0 Å². The van der Waals surface area contributed by atoms with Gasteiger partial charge in [-0.05, 0) is 39.5 Å². The van der Waals surface area contributed by atoms with E-state index in [1.165, 1.54) is 0 Å². The fourth-order valence-corrected chi connectivity index (χ4v) is 4.85. The fraction of sp³-hybridized carbons (Fsp3) is 0.941. The van der Waals surface area contributed by atoms with Crippen LogP contribution in [0.25, 0.3) is 0 Å². The van der Waals surface area contributed by atoms with Gasteiger partial charge in [-0.25, -0.2) is 8.42 Å². The first kappa shape index (κ1) is 23.9. The number of aliphatic imine (C=N–C) groups is 1. The summed E-state index contributed by atoms with van der Waals surface area (Å²) in [4.78, 5) is 6.82. The topological polar surface area (TPSA) is 74.2 Å². The summed E-state index contributed by atoms with van der Waals surface area (Å²) in [6.07, 6.45) is 2.20. The molecule has 2 saturated heterocycles. The van der Waals surface area contributed by atoms with E-state index in [-0.39, 0.29) is 48.5 Å². The van der Waals surface area contributed by atoms with Gasteiger partial charge >= 0.3 is 0 Å². The Labute approximate surface area is 176 Å². The summed E-state index contributed by atoms with van der Waals surface area (Å²) in [5.74, 6) is 1.64. The van der Waals surface area contributed by atoms with Crippen molar-refractivity contribution in [3.63, 3.8) is 0 Å². The molecule has 0 spiro atoms. The van der Waals surface area contributed by atoms with Crippen molar-refractivity contribution in [2.24, 2.45) is 10.9 Å². The lowest BCUT2D eigenvalue weighted by Crippen LogP contribution is -2.49. The van der Waals surface area contributed by atoms with Gasteiger partial charge in [-0.1, -0.05) is 6.92 Å². The lowest BCUT2D eigenvalue weighted by molar-refractivity contribution is -0.0440. The molecule has 0 aromatic heterocycles. The van der Waals surface area contributed by atoms with Crippen LogP contribution in [-0.2, 0) is 14.8 Å². The minimum Gasteiger partial charge on any atom is -0.373 e. The smallest absolute Gasteiger partial charge is 0.216 e. The Morgan fingerprint density at radius 2 is 1.73 bits per heavy atom. The van der Waals surface area contributed by atoms with Gasteiger partial charge in [0, 0.05) is 32.7 Å². The van der Waals surface area contributed by atoms with Gasteiger partial charge in [0.15, 0.2) is 5.96 Å². The molecule has 0 bridgehead atoms. The Morgan fingerprint density at radius 3 is 2.27 bits per heavy atom. The standard InChI is InChI=1S/C17H34N4O3S.HI/c1-5-18-17(20-9-6-14(2)7-10-20)19-8-11-25(22,23)21-12-15(3)24-16(4)13-21;/h14-16H,5-13H2,1-4H3,(H,18,19);1H. The number of likely N-dealkylation sites (tertiary alicyclic amines) is 1. The Balaban J connectivity index is 0.00000338. The number of nitrogens with zero attached hydrogens (tertiary/aromatic N) is 3. The molecule has 2 fully saturated rings. The van der Waals surface area contributed by atoms with Crippen LogP contribution in [0.2, 0.25) is 0 Å². The molecule has 26 heavy (non-hydrogen) atoms. The molecule has 7 nitrogen and oxygen atoms in total. The lowest BCUT2D eigenvalue weighted by Gasteiger charge is -2.34. The van der Waals surface area contributed by atoms with E-state index in [2.05, 4.69) is 22.1 Å². The van der Waals surface area contributed by atoms with Crippen molar-refractivity contribution in [2.75, 3.05) is 45.0 Å². The number of hydrogen-bond donors (Lipinski definition) is 1. The molecule has 0 aliphatic carbocycles. The van der Waals surface area contributed by atoms with Crippen LogP contribution in [0.3, 0.4) is 0 Å². The minimum absolute atomic E-state index is 0. The van der Waals surface area contributed by atoms with Crippen LogP contribution in [0.5, 0.6) is 0 Å². The van der Waals surface area contributed by atoms with Crippen LogP contribution in [0.4, 0.5) is 0 Å². The van der Waals surface area contributed by atoms with E-state index in [0.717, 1.165) is 44.4 Å². The quantitative estimate of drug-likeness (QED) is 0.352. The number of morpholine rings is 1. The summed E-state index contributed by atoms with van der Waals surface area (Å²) in [5.41, 5.74) is 0. The number of guanidine groups is 1. The molecular weight excluding hydrogens is 467 g/mol. The van der Waals surface area contributed by atoms with E-state index in [9.17, 15) is 8.42 Å². The molecular formula is C17H35IN4O3S. The maximum absolute atomic E-state index is 12.6. The normalized spacial score (nSPS) is 26.5. The Bertz CT molecular complexity index is 540. The molecule has 0 aromatic carbocycles. The lowest BCUT2D eigenvalue weighted by atomic mass is 10.00. The number of halogens is 1. The highest BCUT2D eigenvalue weighted by atomic mass is 127. The van der Waals surface area contributed by atoms with Crippen LogP contribution in [0, 0.1) is 5.92 Å². The fourth-order valence-electron chi connectivity index (χ4n) is 3.40. The van der Waals surface area contributed by atoms with Crippen LogP contribution in [-0.4, -0.2) is 80.8 Å². The average Bonchev–Trinajstić information content (AvgIpc) is 2.54. The van der Waals surface area contributed by atoms with Gasteiger partial charge in [0.1, 0.15) is 0 Å². The number of piperidine rings is 1. The first-order valence-electron chi connectivity index (χ1n) is 9.48. The van der Waals surface area contributed by atoms with Crippen molar-refractivity contribution in [3.8, 4) is 0 Å². The summed E-state index contributed by atoms with van der Waals surface area (Å²) >= 11 is 0.